The monoisotopic (exact) mass is 277 g/mol. The average Bonchev–Trinajstić information content (AvgIpc) is 2.46. The van der Waals surface area contributed by atoms with Gasteiger partial charge in [0.2, 0.25) is 17.7 Å². The third-order valence-electron chi connectivity index (χ3n) is 3.10. The molecule has 1 saturated heterocycles. The Hall–Kier alpha value is -2.44. The van der Waals surface area contributed by atoms with Gasteiger partial charge in [-0.25, -0.2) is 4.98 Å². The summed E-state index contributed by atoms with van der Waals surface area (Å²) in [4.78, 5) is 40.7. The summed E-state index contributed by atoms with van der Waals surface area (Å²) in [6.45, 7) is 1.65. The number of hydrogen-bond donors (Lipinski definition) is 1. The summed E-state index contributed by atoms with van der Waals surface area (Å²) < 4.78 is 4.92. The quantitative estimate of drug-likeness (QED) is 0.784. The summed E-state index contributed by atoms with van der Waals surface area (Å²) >= 11 is 0. The van der Waals surface area contributed by atoms with Gasteiger partial charge in [0.1, 0.15) is 12.6 Å². The maximum Gasteiger partial charge on any atom is 0.256 e. The largest absolute Gasteiger partial charge is 0.481 e. The molecule has 0 aromatic carbocycles. The lowest BCUT2D eigenvalue weighted by Gasteiger charge is -2.33. The Morgan fingerprint density at radius 1 is 1.50 bits per heavy atom. The van der Waals surface area contributed by atoms with Gasteiger partial charge in [0.05, 0.1) is 12.7 Å². The number of nitrogens with one attached hydrogen (secondary N) is 1. The van der Waals surface area contributed by atoms with Crippen LogP contribution >= 0.6 is 0 Å². The highest BCUT2D eigenvalue weighted by Gasteiger charge is 2.35. The van der Waals surface area contributed by atoms with Crippen molar-refractivity contribution in [2.75, 3.05) is 13.7 Å². The van der Waals surface area contributed by atoms with Crippen molar-refractivity contribution >= 4 is 17.7 Å². The number of piperazine rings is 1. The molecule has 1 aliphatic rings. The molecule has 0 aliphatic carbocycles. The van der Waals surface area contributed by atoms with Crippen molar-refractivity contribution in [3.05, 3.63) is 23.9 Å². The van der Waals surface area contributed by atoms with Crippen molar-refractivity contribution in [1.82, 2.24) is 15.2 Å². The van der Waals surface area contributed by atoms with Gasteiger partial charge in [-0.15, -0.1) is 0 Å². The van der Waals surface area contributed by atoms with E-state index in [1.54, 1.807) is 19.1 Å². The number of imide groups is 1. The van der Waals surface area contributed by atoms with Crippen LogP contribution in [0, 0.1) is 0 Å². The zero-order valence-electron chi connectivity index (χ0n) is 11.3. The first-order valence-electron chi connectivity index (χ1n) is 6.21. The minimum absolute atomic E-state index is 0.130. The molecule has 7 nitrogen and oxygen atoms in total. The van der Waals surface area contributed by atoms with Crippen LogP contribution in [0.2, 0.25) is 0 Å². The Morgan fingerprint density at radius 3 is 2.80 bits per heavy atom. The van der Waals surface area contributed by atoms with Gasteiger partial charge in [-0.1, -0.05) is 6.92 Å². The van der Waals surface area contributed by atoms with Gasteiger partial charge in [-0.05, 0) is 12.5 Å². The first kappa shape index (κ1) is 14.0. The van der Waals surface area contributed by atoms with Crippen LogP contribution in [0.3, 0.4) is 0 Å². The second kappa shape index (κ2) is 5.68. The molecule has 7 heteroatoms. The first-order valence-corrected chi connectivity index (χ1v) is 6.21. The minimum atomic E-state index is -0.637. The molecule has 3 amide bonds. The van der Waals surface area contributed by atoms with Crippen LogP contribution in [-0.2, 0) is 9.59 Å². The predicted octanol–water partition coefficient (Wildman–Crippen LogP) is -0.0326. The molecular weight excluding hydrogens is 262 g/mol. The molecule has 0 saturated carbocycles. The van der Waals surface area contributed by atoms with E-state index < -0.39 is 23.8 Å². The van der Waals surface area contributed by atoms with Gasteiger partial charge >= 0.3 is 0 Å². The highest BCUT2D eigenvalue weighted by atomic mass is 16.5. The number of nitrogens with zero attached hydrogens (tertiary/aromatic N) is 2. The maximum atomic E-state index is 12.4. The molecular formula is C13H15N3O4. The topological polar surface area (TPSA) is 88.6 Å². The van der Waals surface area contributed by atoms with Crippen molar-refractivity contribution in [1.29, 1.82) is 0 Å². The second-order valence-corrected chi connectivity index (χ2v) is 4.36. The number of carbonyl (C=O) groups is 3. The third-order valence-corrected chi connectivity index (χ3v) is 3.10. The molecule has 1 unspecified atom stereocenters. The van der Waals surface area contributed by atoms with Crippen LogP contribution in [-0.4, -0.2) is 47.3 Å². The van der Waals surface area contributed by atoms with Crippen LogP contribution < -0.4 is 10.1 Å². The molecule has 1 aromatic heterocycles. The smallest absolute Gasteiger partial charge is 0.256 e. The Labute approximate surface area is 115 Å². The lowest BCUT2D eigenvalue weighted by molar-refractivity contribution is -0.138. The molecule has 1 N–H and O–H groups in total. The van der Waals surface area contributed by atoms with Gasteiger partial charge < -0.3 is 9.64 Å². The van der Waals surface area contributed by atoms with Crippen molar-refractivity contribution in [3.8, 4) is 5.88 Å². The standard InChI is InChI=1S/C13H15N3O4/c1-3-9-12(18)15-10(17)7-16(9)13(19)8-4-5-11(20-2)14-6-8/h4-6,9H,3,7H2,1-2H3,(H,15,17,18). The summed E-state index contributed by atoms with van der Waals surface area (Å²) in [5.74, 6) is -0.927. The number of amides is 3. The Bertz CT molecular complexity index is 541. The number of methoxy groups -OCH3 is 1. The molecule has 0 radical (unpaired) electrons. The van der Waals surface area contributed by atoms with E-state index in [2.05, 4.69) is 10.3 Å². The third kappa shape index (κ3) is 2.61. The molecule has 1 atom stereocenters. The zero-order chi connectivity index (χ0) is 14.7. The van der Waals surface area contributed by atoms with E-state index in [4.69, 9.17) is 4.74 Å². The number of aromatic nitrogens is 1. The van der Waals surface area contributed by atoms with Gasteiger partial charge in [0.25, 0.3) is 5.91 Å². The Kier molecular flexibility index (Phi) is 3.97. The highest BCUT2D eigenvalue weighted by Crippen LogP contribution is 2.15. The van der Waals surface area contributed by atoms with Gasteiger partial charge in [-0.3, -0.25) is 19.7 Å². The average molecular weight is 277 g/mol. The van der Waals surface area contributed by atoms with E-state index in [0.29, 0.717) is 17.9 Å². The van der Waals surface area contributed by atoms with Gasteiger partial charge in [-0.2, -0.15) is 0 Å². The lowest BCUT2D eigenvalue weighted by atomic mass is 10.1. The van der Waals surface area contributed by atoms with Crippen LogP contribution in [0.1, 0.15) is 23.7 Å². The van der Waals surface area contributed by atoms with Crippen LogP contribution in [0.4, 0.5) is 0 Å². The fraction of sp³-hybridized carbons (Fsp3) is 0.385. The van der Waals surface area contributed by atoms with Gasteiger partial charge in [0, 0.05) is 12.3 Å². The van der Waals surface area contributed by atoms with Crippen LogP contribution in [0.15, 0.2) is 18.3 Å². The molecule has 1 aromatic rings. The highest BCUT2D eigenvalue weighted by molar-refractivity contribution is 6.07. The SMILES string of the molecule is CCC1C(=O)NC(=O)CN1C(=O)c1ccc(OC)nc1. The predicted molar refractivity (Wildman–Crippen MR) is 69.1 cm³/mol. The summed E-state index contributed by atoms with van der Waals surface area (Å²) in [7, 11) is 1.48. The summed E-state index contributed by atoms with van der Waals surface area (Å²) in [5, 5.41) is 2.23. The van der Waals surface area contributed by atoms with E-state index in [9.17, 15) is 14.4 Å². The second-order valence-electron chi connectivity index (χ2n) is 4.36. The van der Waals surface area contributed by atoms with Crippen molar-refractivity contribution < 1.29 is 19.1 Å². The maximum absolute atomic E-state index is 12.4. The molecule has 2 rings (SSSR count). The Morgan fingerprint density at radius 2 is 2.25 bits per heavy atom. The van der Waals surface area contributed by atoms with E-state index >= 15 is 0 Å². The Balaban J connectivity index is 2.24. The molecule has 1 fully saturated rings. The fourth-order valence-electron chi connectivity index (χ4n) is 2.08. The molecule has 1 aliphatic heterocycles. The lowest BCUT2D eigenvalue weighted by Crippen LogP contribution is -2.59. The summed E-state index contributed by atoms with van der Waals surface area (Å²) in [5.41, 5.74) is 0.312. The van der Waals surface area contributed by atoms with Crippen molar-refractivity contribution in [2.24, 2.45) is 0 Å². The summed E-state index contributed by atoms with van der Waals surface area (Å²) in [6.07, 6.45) is 1.80. The number of carbonyl (C=O) groups excluding carboxylic acids is 3. The number of ether oxygens (including phenoxy) is 1. The van der Waals surface area contributed by atoms with Crippen LogP contribution in [0.5, 0.6) is 5.88 Å². The van der Waals surface area contributed by atoms with E-state index in [1.165, 1.54) is 18.2 Å². The zero-order valence-corrected chi connectivity index (χ0v) is 11.3. The number of rotatable bonds is 3. The molecule has 0 spiro atoms. The molecule has 106 valence electrons. The van der Waals surface area contributed by atoms with Crippen molar-refractivity contribution in [2.45, 2.75) is 19.4 Å². The van der Waals surface area contributed by atoms with E-state index in [0.717, 1.165) is 0 Å². The number of hydrogen-bond acceptors (Lipinski definition) is 5. The van der Waals surface area contributed by atoms with Gasteiger partial charge in [0.15, 0.2) is 0 Å². The van der Waals surface area contributed by atoms with E-state index in [1.807, 2.05) is 0 Å². The minimum Gasteiger partial charge on any atom is -0.481 e. The normalized spacial score (nSPS) is 18.7. The van der Waals surface area contributed by atoms with Crippen LogP contribution in [0.25, 0.3) is 0 Å². The summed E-state index contributed by atoms with van der Waals surface area (Å²) in [6, 6.07) is 2.47. The number of pyridine rings is 1. The molecule has 20 heavy (non-hydrogen) atoms. The molecule has 2 heterocycles. The fourth-order valence-corrected chi connectivity index (χ4v) is 2.08. The van der Waals surface area contributed by atoms with E-state index in [-0.39, 0.29) is 6.54 Å². The van der Waals surface area contributed by atoms with Crippen molar-refractivity contribution in [3.63, 3.8) is 0 Å². The first-order chi connectivity index (χ1) is 9.56. The molecule has 0 bridgehead atoms.